The lowest BCUT2D eigenvalue weighted by Gasteiger charge is -2.31. The van der Waals surface area contributed by atoms with Gasteiger partial charge in [-0.25, -0.2) is 8.42 Å². The molecule has 1 heterocycles. The third kappa shape index (κ3) is 4.28. The molecule has 6 heteroatoms. The maximum absolute atomic E-state index is 13.0. The van der Waals surface area contributed by atoms with Gasteiger partial charge in [-0.15, -0.1) is 0 Å². The van der Waals surface area contributed by atoms with E-state index < -0.39 is 10.0 Å². The molecule has 2 aromatic rings. The SMILES string of the molecule is COCCN1CCCc2ccc(NS(=O)(=O)c3cc(C)c(C)cc3C)cc21. The molecule has 3 rings (SSSR count). The van der Waals surface area contributed by atoms with Crippen molar-refractivity contribution in [1.82, 2.24) is 0 Å². The highest BCUT2D eigenvalue weighted by atomic mass is 32.2. The molecule has 0 unspecified atom stereocenters. The van der Waals surface area contributed by atoms with E-state index in [-0.39, 0.29) is 0 Å². The van der Waals surface area contributed by atoms with Crippen molar-refractivity contribution < 1.29 is 13.2 Å². The maximum atomic E-state index is 13.0. The highest BCUT2D eigenvalue weighted by Crippen LogP contribution is 2.31. The Bertz CT molecular complexity index is 939. The molecule has 0 amide bonds. The Kier molecular flexibility index (Phi) is 5.77. The summed E-state index contributed by atoms with van der Waals surface area (Å²) in [5.41, 5.74) is 5.75. The number of hydrogen-bond donors (Lipinski definition) is 1. The molecule has 1 aliphatic heterocycles. The van der Waals surface area contributed by atoms with Crippen LogP contribution >= 0.6 is 0 Å². The van der Waals surface area contributed by atoms with Gasteiger partial charge in [-0.2, -0.15) is 0 Å². The molecule has 0 spiro atoms. The fraction of sp³-hybridized carbons (Fsp3) is 0.429. The number of rotatable bonds is 6. The second kappa shape index (κ2) is 7.90. The van der Waals surface area contributed by atoms with Crippen molar-refractivity contribution in [2.24, 2.45) is 0 Å². The second-order valence-corrected chi connectivity index (χ2v) is 8.89. The van der Waals surface area contributed by atoms with E-state index in [4.69, 9.17) is 4.74 Å². The number of aryl methyl sites for hydroxylation is 4. The lowest BCUT2D eigenvalue weighted by molar-refractivity contribution is 0.205. The molecule has 0 saturated heterocycles. The quantitative estimate of drug-likeness (QED) is 0.817. The van der Waals surface area contributed by atoms with E-state index in [1.54, 1.807) is 13.2 Å². The fourth-order valence-electron chi connectivity index (χ4n) is 3.58. The van der Waals surface area contributed by atoms with Crippen LogP contribution in [0.3, 0.4) is 0 Å². The molecule has 0 aromatic heterocycles. The highest BCUT2D eigenvalue weighted by Gasteiger charge is 2.21. The summed E-state index contributed by atoms with van der Waals surface area (Å²) in [6.07, 6.45) is 2.12. The van der Waals surface area contributed by atoms with Gasteiger partial charge in [0.05, 0.1) is 17.2 Å². The normalized spacial score (nSPS) is 14.1. The van der Waals surface area contributed by atoms with Gasteiger partial charge in [0.15, 0.2) is 0 Å². The molecule has 27 heavy (non-hydrogen) atoms. The number of sulfonamides is 1. The fourth-order valence-corrected chi connectivity index (χ4v) is 4.94. The predicted octanol–water partition coefficient (Wildman–Crippen LogP) is 3.81. The van der Waals surface area contributed by atoms with Crippen LogP contribution in [0.1, 0.15) is 28.7 Å². The number of nitrogens with zero attached hydrogens (tertiary/aromatic N) is 1. The van der Waals surface area contributed by atoms with Crippen molar-refractivity contribution in [2.75, 3.05) is 36.4 Å². The molecule has 5 nitrogen and oxygen atoms in total. The summed E-state index contributed by atoms with van der Waals surface area (Å²) in [4.78, 5) is 2.60. The zero-order valence-corrected chi connectivity index (χ0v) is 17.3. The van der Waals surface area contributed by atoms with Crippen molar-refractivity contribution in [2.45, 2.75) is 38.5 Å². The van der Waals surface area contributed by atoms with Crippen LogP contribution in [0.5, 0.6) is 0 Å². The van der Waals surface area contributed by atoms with Crippen LogP contribution in [0, 0.1) is 20.8 Å². The van der Waals surface area contributed by atoms with E-state index in [0.29, 0.717) is 17.2 Å². The van der Waals surface area contributed by atoms with Crippen LogP contribution in [0.25, 0.3) is 0 Å². The summed E-state index contributed by atoms with van der Waals surface area (Å²) >= 11 is 0. The summed E-state index contributed by atoms with van der Waals surface area (Å²) in [5, 5.41) is 0. The Hall–Kier alpha value is -2.05. The second-order valence-electron chi connectivity index (χ2n) is 7.23. The summed E-state index contributed by atoms with van der Waals surface area (Å²) in [5.74, 6) is 0. The first-order valence-corrected chi connectivity index (χ1v) is 10.8. The summed E-state index contributed by atoms with van der Waals surface area (Å²) in [6.45, 7) is 8.17. The molecular weight excluding hydrogens is 360 g/mol. The molecule has 146 valence electrons. The third-order valence-electron chi connectivity index (χ3n) is 5.20. The highest BCUT2D eigenvalue weighted by molar-refractivity contribution is 7.92. The number of fused-ring (bicyclic) bond motifs is 1. The molecule has 2 aromatic carbocycles. The first-order valence-electron chi connectivity index (χ1n) is 9.29. The number of hydrogen-bond acceptors (Lipinski definition) is 4. The zero-order chi connectivity index (χ0) is 19.6. The van der Waals surface area contributed by atoms with Crippen molar-refractivity contribution in [3.05, 3.63) is 52.6 Å². The Morgan fingerprint density at radius 1 is 1.07 bits per heavy atom. The molecule has 0 atom stereocenters. The first kappa shape index (κ1) is 19.7. The van der Waals surface area contributed by atoms with E-state index in [9.17, 15) is 8.42 Å². The zero-order valence-electron chi connectivity index (χ0n) is 16.5. The van der Waals surface area contributed by atoms with E-state index in [1.807, 2.05) is 45.0 Å². The Morgan fingerprint density at radius 2 is 1.81 bits per heavy atom. The minimum absolute atomic E-state index is 0.333. The monoisotopic (exact) mass is 388 g/mol. The number of methoxy groups -OCH3 is 1. The predicted molar refractivity (Wildman–Crippen MR) is 110 cm³/mol. The summed E-state index contributed by atoms with van der Waals surface area (Å²) in [7, 11) is -1.94. The first-order chi connectivity index (χ1) is 12.8. The molecule has 0 fully saturated rings. The smallest absolute Gasteiger partial charge is 0.262 e. The van der Waals surface area contributed by atoms with Gasteiger partial charge in [-0.1, -0.05) is 12.1 Å². The summed E-state index contributed by atoms with van der Waals surface area (Å²) in [6, 6.07) is 9.49. The average Bonchev–Trinajstić information content (AvgIpc) is 2.62. The van der Waals surface area contributed by atoms with Crippen molar-refractivity contribution in [3.63, 3.8) is 0 Å². The Morgan fingerprint density at radius 3 is 2.56 bits per heavy atom. The lowest BCUT2D eigenvalue weighted by Crippen LogP contribution is -2.32. The van der Waals surface area contributed by atoms with E-state index in [1.165, 1.54) is 5.56 Å². The molecule has 0 saturated carbocycles. The van der Waals surface area contributed by atoms with Gasteiger partial charge in [0.1, 0.15) is 0 Å². The van der Waals surface area contributed by atoms with Crippen LogP contribution < -0.4 is 9.62 Å². The molecular formula is C21H28N2O3S. The van der Waals surface area contributed by atoms with Gasteiger partial charge in [0.25, 0.3) is 10.0 Å². The standard InChI is InChI=1S/C21H28N2O3S/c1-15-12-17(3)21(13-16(15)2)27(24,25)22-19-8-7-18-6-5-9-23(10-11-26-4)20(18)14-19/h7-8,12-14,22H,5-6,9-11H2,1-4H3. The Labute approximate surface area is 162 Å². The topological polar surface area (TPSA) is 58.6 Å². The van der Waals surface area contributed by atoms with Crippen molar-refractivity contribution >= 4 is 21.4 Å². The van der Waals surface area contributed by atoms with E-state index in [2.05, 4.69) is 9.62 Å². The van der Waals surface area contributed by atoms with Gasteiger partial charge in [0, 0.05) is 25.9 Å². The van der Waals surface area contributed by atoms with Crippen LogP contribution in [-0.2, 0) is 21.2 Å². The van der Waals surface area contributed by atoms with Gasteiger partial charge >= 0.3 is 0 Å². The maximum Gasteiger partial charge on any atom is 0.262 e. The minimum atomic E-state index is -3.64. The average molecular weight is 389 g/mol. The number of benzene rings is 2. The lowest BCUT2D eigenvalue weighted by atomic mass is 10.0. The molecule has 1 N–H and O–H groups in total. The van der Waals surface area contributed by atoms with Crippen LogP contribution in [0.2, 0.25) is 0 Å². The Balaban J connectivity index is 1.91. The van der Waals surface area contributed by atoms with Crippen LogP contribution in [0.4, 0.5) is 11.4 Å². The third-order valence-corrected chi connectivity index (χ3v) is 6.72. The van der Waals surface area contributed by atoms with Gasteiger partial charge in [-0.05, 0) is 74.1 Å². The summed E-state index contributed by atoms with van der Waals surface area (Å²) < 4.78 is 33.9. The van der Waals surface area contributed by atoms with Gasteiger partial charge in [0.2, 0.25) is 0 Å². The minimum Gasteiger partial charge on any atom is -0.383 e. The number of anilines is 2. The number of ether oxygens (including phenoxy) is 1. The van der Waals surface area contributed by atoms with Gasteiger partial charge in [-0.3, -0.25) is 4.72 Å². The largest absolute Gasteiger partial charge is 0.383 e. The van der Waals surface area contributed by atoms with Crippen LogP contribution in [-0.4, -0.2) is 35.2 Å². The van der Waals surface area contributed by atoms with E-state index >= 15 is 0 Å². The molecule has 0 radical (unpaired) electrons. The molecule has 1 aliphatic rings. The number of nitrogens with one attached hydrogen (secondary N) is 1. The van der Waals surface area contributed by atoms with Crippen molar-refractivity contribution in [1.29, 1.82) is 0 Å². The van der Waals surface area contributed by atoms with Crippen LogP contribution in [0.15, 0.2) is 35.2 Å². The van der Waals surface area contributed by atoms with E-state index in [0.717, 1.165) is 48.3 Å². The van der Waals surface area contributed by atoms with Gasteiger partial charge < -0.3 is 9.64 Å². The molecule has 0 aliphatic carbocycles. The molecule has 0 bridgehead atoms. The van der Waals surface area contributed by atoms with Crippen molar-refractivity contribution in [3.8, 4) is 0 Å².